The fourth-order valence-electron chi connectivity index (χ4n) is 2.91. The lowest BCUT2D eigenvalue weighted by atomic mass is 9.97. The van der Waals surface area contributed by atoms with E-state index in [0.717, 1.165) is 13.0 Å². The molecule has 0 spiro atoms. The lowest BCUT2D eigenvalue weighted by Crippen LogP contribution is -2.48. The highest BCUT2D eigenvalue weighted by molar-refractivity contribution is 4.82. The van der Waals surface area contributed by atoms with E-state index >= 15 is 0 Å². The van der Waals surface area contributed by atoms with Gasteiger partial charge in [0.1, 0.15) is 0 Å². The second-order valence-electron chi connectivity index (χ2n) is 6.25. The van der Waals surface area contributed by atoms with Crippen molar-refractivity contribution in [3.63, 3.8) is 0 Å². The second kappa shape index (κ2) is 7.46. The number of hydrogen-bond donors (Lipinski definition) is 1. The second-order valence-corrected chi connectivity index (χ2v) is 6.25. The van der Waals surface area contributed by atoms with Crippen LogP contribution in [-0.4, -0.2) is 49.3 Å². The van der Waals surface area contributed by atoms with Gasteiger partial charge in [-0.15, -0.1) is 0 Å². The molecule has 1 aliphatic heterocycles. The zero-order valence-corrected chi connectivity index (χ0v) is 13.0. The highest BCUT2D eigenvalue weighted by Gasteiger charge is 2.25. The summed E-state index contributed by atoms with van der Waals surface area (Å²) in [5.74, 6) is 0. The van der Waals surface area contributed by atoms with Gasteiger partial charge in [-0.3, -0.25) is 4.90 Å². The third kappa shape index (κ3) is 5.25. The van der Waals surface area contributed by atoms with E-state index in [-0.39, 0.29) is 5.60 Å². The summed E-state index contributed by atoms with van der Waals surface area (Å²) < 4.78 is 5.55. The standard InChI is InChI=1S/C15H32N2O/c1-6-17(12-14-9-7-8-10-16-14)13(2)11-15(3,4)18-5/h13-14,16H,6-12H2,1-5H3. The quantitative estimate of drug-likeness (QED) is 0.758. The Morgan fingerprint density at radius 1 is 1.39 bits per heavy atom. The van der Waals surface area contributed by atoms with Crippen molar-refractivity contribution in [3.05, 3.63) is 0 Å². The summed E-state index contributed by atoms with van der Waals surface area (Å²) in [7, 11) is 1.81. The topological polar surface area (TPSA) is 24.5 Å². The Kier molecular flexibility index (Phi) is 6.61. The van der Waals surface area contributed by atoms with Crippen LogP contribution < -0.4 is 5.32 Å². The first-order valence-electron chi connectivity index (χ1n) is 7.51. The Morgan fingerprint density at radius 3 is 2.61 bits per heavy atom. The fourth-order valence-corrected chi connectivity index (χ4v) is 2.91. The van der Waals surface area contributed by atoms with Gasteiger partial charge in [-0.05, 0) is 53.1 Å². The molecule has 0 radical (unpaired) electrons. The van der Waals surface area contributed by atoms with Crippen LogP contribution in [0.2, 0.25) is 0 Å². The molecule has 0 aromatic rings. The van der Waals surface area contributed by atoms with Gasteiger partial charge in [0.2, 0.25) is 0 Å². The zero-order chi connectivity index (χ0) is 13.6. The first kappa shape index (κ1) is 15.9. The highest BCUT2D eigenvalue weighted by Crippen LogP contribution is 2.20. The van der Waals surface area contributed by atoms with Crippen LogP contribution in [0.25, 0.3) is 0 Å². The summed E-state index contributed by atoms with van der Waals surface area (Å²) in [5, 5.41) is 3.64. The first-order valence-corrected chi connectivity index (χ1v) is 7.51. The van der Waals surface area contributed by atoms with E-state index in [1.54, 1.807) is 0 Å². The summed E-state index contributed by atoms with van der Waals surface area (Å²) in [6.07, 6.45) is 5.14. The maximum atomic E-state index is 5.55. The van der Waals surface area contributed by atoms with Crippen LogP contribution in [0.1, 0.15) is 53.4 Å². The summed E-state index contributed by atoms with van der Waals surface area (Å²) >= 11 is 0. The first-order chi connectivity index (χ1) is 8.48. The maximum Gasteiger partial charge on any atom is 0.0637 e. The van der Waals surface area contributed by atoms with Crippen molar-refractivity contribution >= 4 is 0 Å². The van der Waals surface area contributed by atoms with E-state index in [9.17, 15) is 0 Å². The van der Waals surface area contributed by atoms with Gasteiger partial charge in [0.05, 0.1) is 5.60 Å². The van der Waals surface area contributed by atoms with Crippen LogP contribution in [0.3, 0.4) is 0 Å². The van der Waals surface area contributed by atoms with Crippen molar-refractivity contribution in [1.82, 2.24) is 10.2 Å². The predicted octanol–water partition coefficient (Wildman–Crippen LogP) is 2.65. The molecule has 3 heteroatoms. The van der Waals surface area contributed by atoms with Crippen LogP contribution in [0.15, 0.2) is 0 Å². The van der Waals surface area contributed by atoms with Crippen LogP contribution in [0.4, 0.5) is 0 Å². The number of hydrogen-bond acceptors (Lipinski definition) is 3. The molecule has 108 valence electrons. The van der Waals surface area contributed by atoms with Gasteiger partial charge in [0.25, 0.3) is 0 Å². The lowest BCUT2D eigenvalue weighted by Gasteiger charge is -2.37. The molecule has 18 heavy (non-hydrogen) atoms. The third-order valence-corrected chi connectivity index (χ3v) is 4.24. The van der Waals surface area contributed by atoms with E-state index in [4.69, 9.17) is 4.74 Å². The number of methoxy groups -OCH3 is 1. The number of piperidine rings is 1. The molecule has 0 saturated carbocycles. The molecule has 0 amide bonds. The van der Waals surface area contributed by atoms with E-state index < -0.39 is 0 Å². The molecule has 2 atom stereocenters. The summed E-state index contributed by atoms with van der Waals surface area (Å²) in [6, 6.07) is 1.26. The molecule has 0 aromatic heterocycles. The molecular weight excluding hydrogens is 224 g/mol. The minimum absolute atomic E-state index is 0.0210. The Morgan fingerprint density at radius 2 is 2.11 bits per heavy atom. The molecule has 1 saturated heterocycles. The van der Waals surface area contributed by atoms with Crippen molar-refractivity contribution in [1.29, 1.82) is 0 Å². The smallest absolute Gasteiger partial charge is 0.0637 e. The Labute approximate surface area is 113 Å². The molecule has 1 fully saturated rings. The van der Waals surface area contributed by atoms with E-state index in [1.165, 1.54) is 32.4 Å². The van der Waals surface area contributed by atoms with Crippen LogP contribution in [0.5, 0.6) is 0 Å². The van der Waals surface area contributed by atoms with Crippen LogP contribution in [-0.2, 0) is 4.74 Å². The Hall–Kier alpha value is -0.120. The average molecular weight is 256 g/mol. The normalized spacial score (nSPS) is 23.3. The van der Waals surface area contributed by atoms with Gasteiger partial charge < -0.3 is 10.1 Å². The SMILES string of the molecule is CCN(CC1CCCCN1)C(C)CC(C)(C)OC. The van der Waals surface area contributed by atoms with E-state index in [2.05, 4.69) is 37.9 Å². The van der Waals surface area contributed by atoms with Gasteiger partial charge >= 0.3 is 0 Å². The molecule has 3 nitrogen and oxygen atoms in total. The maximum absolute atomic E-state index is 5.55. The largest absolute Gasteiger partial charge is 0.379 e. The van der Waals surface area contributed by atoms with Crippen molar-refractivity contribution < 1.29 is 4.74 Å². The minimum atomic E-state index is -0.0210. The third-order valence-electron chi connectivity index (χ3n) is 4.24. The van der Waals surface area contributed by atoms with Crippen molar-refractivity contribution in [3.8, 4) is 0 Å². The average Bonchev–Trinajstić information content (AvgIpc) is 2.36. The van der Waals surface area contributed by atoms with Crippen molar-refractivity contribution in [2.75, 3.05) is 26.7 Å². The number of rotatable bonds is 7. The van der Waals surface area contributed by atoms with Gasteiger partial charge in [-0.1, -0.05) is 13.3 Å². The summed E-state index contributed by atoms with van der Waals surface area (Å²) in [4.78, 5) is 2.59. The summed E-state index contributed by atoms with van der Waals surface area (Å²) in [6.45, 7) is 12.4. The lowest BCUT2D eigenvalue weighted by molar-refractivity contribution is -0.00691. The predicted molar refractivity (Wildman–Crippen MR) is 78.1 cm³/mol. The Balaban J connectivity index is 2.43. The van der Waals surface area contributed by atoms with E-state index in [0.29, 0.717) is 12.1 Å². The van der Waals surface area contributed by atoms with Gasteiger partial charge in [0.15, 0.2) is 0 Å². The minimum Gasteiger partial charge on any atom is -0.379 e. The van der Waals surface area contributed by atoms with Crippen molar-refractivity contribution in [2.24, 2.45) is 0 Å². The Bertz CT molecular complexity index is 225. The number of ether oxygens (including phenoxy) is 1. The molecular formula is C15H32N2O. The number of nitrogens with zero attached hydrogens (tertiary/aromatic N) is 1. The summed E-state index contributed by atoms with van der Waals surface area (Å²) in [5.41, 5.74) is -0.0210. The van der Waals surface area contributed by atoms with Gasteiger partial charge in [-0.2, -0.15) is 0 Å². The van der Waals surface area contributed by atoms with E-state index in [1.807, 2.05) is 7.11 Å². The fraction of sp³-hybridized carbons (Fsp3) is 1.00. The van der Waals surface area contributed by atoms with Gasteiger partial charge in [-0.25, -0.2) is 0 Å². The van der Waals surface area contributed by atoms with Crippen molar-refractivity contribution in [2.45, 2.75) is 71.1 Å². The number of likely N-dealkylation sites (N-methyl/N-ethyl adjacent to an activating group) is 1. The molecule has 0 aromatic carbocycles. The molecule has 1 heterocycles. The molecule has 1 N–H and O–H groups in total. The van der Waals surface area contributed by atoms with Gasteiger partial charge in [0, 0.05) is 25.7 Å². The highest BCUT2D eigenvalue weighted by atomic mass is 16.5. The van der Waals surface area contributed by atoms with Crippen LogP contribution in [0, 0.1) is 0 Å². The van der Waals surface area contributed by atoms with Crippen LogP contribution >= 0.6 is 0 Å². The molecule has 0 aliphatic carbocycles. The number of nitrogens with one attached hydrogen (secondary N) is 1. The zero-order valence-electron chi connectivity index (χ0n) is 13.0. The molecule has 2 unspecified atom stereocenters. The molecule has 0 bridgehead atoms. The molecule has 1 rings (SSSR count). The molecule has 1 aliphatic rings. The monoisotopic (exact) mass is 256 g/mol.